The lowest BCUT2D eigenvalue weighted by Gasteiger charge is -2.27. The number of rotatable bonds is 18. The minimum absolute atomic E-state index is 0.173. The minimum atomic E-state index is -0.518. The van der Waals surface area contributed by atoms with Gasteiger partial charge in [0.2, 0.25) is 0 Å². The van der Waals surface area contributed by atoms with Crippen molar-refractivity contribution < 1.29 is 28.5 Å². The Bertz CT molecular complexity index is 918. The van der Waals surface area contributed by atoms with E-state index in [1.165, 1.54) is 0 Å². The first-order valence-electron chi connectivity index (χ1n) is 13.4. The van der Waals surface area contributed by atoms with E-state index in [9.17, 15) is 9.59 Å². The molecule has 0 saturated carbocycles. The molecule has 0 aliphatic heterocycles. The molecule has 2 aromatic carbocycles. The Kier molecular flexibility index (Phi) is 13.7. The molecule has 0 spiro atoms. The molecule has 0 bridgehead atoms. The van der Waals surface area contributed by atoms with E-state index in [-0.39, 0.29) is 56.5 Å². The van der Waals surface area contributed by atoms with E-state index in [2.05, 4.69) is 13.8 Å². The zero-order valence-corrected chi connectivity index (χ0v) is 23.1. The van der Waals surface area contributed by atoms with Gasteiger partial charge in [-0.15, -0.1) is 0 Å². The molecule has 0 heterocycles. The lowest BCUT2D eigenvalue weighted by Crippen LogP contribution is -2.32. The lowest BCUT2D eigenvalue weighted by atomic mass is 9.78. The zero-order chi connectivity index (χ0) is 28.7. The van der Waals surface area contributed by atoms with Crippen LogP contribution in [0, 0.1) is 0 Å². The van der Waals surface area contributed by atoms with Gasteiger partial charge in [-0.1, -0.05) is 38.1 Å². The molecule has 39 heavy (non-hydrogen) atoms. The van der Waals surface area contributed by atoms with Crippen molar-refractivity contribution in [3.8, 4) is 11.5 Å². The monoisotopic (exact) mass is 544 g/mol. The summed E-state index contributed by atoms with van der Waals surface area (Å²) in [6.45, 7) is 5.83. The SMILES string of the molecule is CC(C)(c1ccc(OCC(CN)OC(=O)CCCN)cc1)c1ccc(OCC(CN)OC(=O)CCCN)cc1. The van der Waals surface area contributed by atoms with Crippen molar-refractivity contribution in [2.75, 3.05) is 39.4 Å². The number of benzene rings is 2. The van der Waals surface area contributed by atoms with Gasteiger partial charge >= 0.3 is 11.9 Å². The average Bonchev–Trinajstić information content (AvgIpc) is 2.95. The van der Waals surface area contributed by atoms with Crippen molar-refractivity contribution in [2.45, 2.75) is 57.2 Å². The van der Waals surface area contributed by atoms with Crippen LogP contribution in [0.25, 0.3) is 0 Å². The fourth-order valence-corrected chi connectivity index (χ4v) is 3.76. The maximum Gasteiger partial charge on any atom is 0.306 e. The van der Waals surface area contributed by atoms with Crippen LogP contribution in [0.3, 0.4) is 0 Å². The number of ether oxygens (including phenoxy) is 4. The second-order valence-electron chi connectivity index (χ2n) is 9.78. The second-order valence-corrected chi connectivity index (χ2v) is 9.78. The molecule has 0 amide bonds. The third-order valence-electron chi connectivity index (χ3n) is 6.32. The Balaban J connectivity index is 1.92. The molecule has 0 aromatic heterocycles. The van der Waals surface area contributed by atoms with Gasteiger partial charge in [0.25, 0.3) is 0 Å². The molecule has 0 saturated heterocycles. The number of hydrogen-bond acceptors (Lipinski definition) is 10. The first kappa shape index (κ1) is 32.0. The van der Waals surface area contributed by atoms with Gasteiger partial charge in [-0.2, -0.15) is 0 Å². The quantitative estimate of drug-likeness (QED) is 0.203. The van der Waals surface area contributed by atoms with Crippen molar-refractivity contribution in [1.82, 2.24) is 0 Å². The van der Waals surface area contributed by atoms with Gasteiger partial charge in [0, 0.05) is 31.3 Å². The summed E-state index contributed by atoms with van der Waals surface area (Å²) in [5.74, 6) is 0.670. The molecule has 0 fully saturated rings. The minimum Gasteiger partial charge on any atom is -0.490 e. The summed E-state index contributed by atoms with van der Waals surface area (Å²) in [5, 5.41) is 0. The largest absolute Gasteiger partial charge is 0.490 e. The smallest absolute Gasteiger partial charge is 0.306 e. The van der Waals surface area contributed by atoms with E-state index in [0.29, 0.717) is 37.4 Å². The van der Waals surface area contributed by atoms with Crippen LogP contribution in [0.15, 0.2) is 48.5 Å². The molecule has 10 heteroatoms. The first-order chi connectivity index (χ1) is 18.7. The van der Waals surface area contributed by atoms with Gasteiger partial charge < -0.3 is 41.9 Å². The summed E-state index contributed by atoms with van der Waals surface area (Å²) < 4.78 is 22.3. The van der Waals surface area contributed by atoms with Crippen LogP contribution in [0.1, 0.15) is 50.7 Å². The van der Waals surface area contributed by atoms with Gasteiger partial charge in [0.1, 0.15) is 36.9 Å². The number of carbonyl (C=O) groups is 2. The topological polar surface area (TPSA) is 175 Å². The Morgan fingerprint density at radius 2 is 1.03 bits per heavy atom. The Morgan fingerprint density at radius 3 is 1.33 bits per heavy atom. The van der Waals surface area contributed by atoms with E-state index in [1.54, 1.807) is 0 Å². The molecule has 0 aliphatic rings. The van der Waals surface area contributed by atoms with Crippen LogP contribution in [0.4, 0.5) is 0 Å². The molecule has 0 aliphatic carbocycles. The van der Waals surface area contributed by atoms with Gasteiger partial charge in [0.05, 0.1) is 0 Å². The first-order valence-corrected chi connectivity index (χ1v) is 13.4. The van der Waals surface area contributed by atoms with Crippen molar-refractivity contribution in [2.24, 2.45) is 22.9 Å². The molecule has 10 nitrogen and oxygen atoms in total. The normalized spacial score (nSPS) is 12.9. The third kappa shape index (κ3) is 10.8. The van der Waals surface area contributed by atoms with Crippen molar-refractivity contribution >= 4 is 11.9 Å². The van der Waals surface area contributed by atoms with E-state index in [0.717, 1.165) is 11.1 Å². The number of carbonyl (C=O) groups excluding carboxylic acids is 2. The third-order valence-corrected chi connectivity index (χ3v) is 6.32. The van der Waals surface area contributed by atoms with E-state index >= 15 is 0 Å². The molecule has 8 N–H and O–H groups in total. The second kappa shape index (κ2) is 16.7. The van der Waals surface area contributed by atoms with Gasteiger partial charge in [-0.05, 0) is 61.3 Å². The molecule has 216 valence electrons. The molecule has 2 aromatic rings. The van der Waals surface area contributed by atoms with Crippen molar-refractivity contribution in [3.63, 3.8) is 0 Å². The molecular formula is C29H44N4O6. The van der Waals surface area contributed by atoms with Crippen molar-refractivity contribution in [1.29, 1.82) is 0 Å². The average molecular weight is 545 g/mol. The highest BCUT2D eigenvalue weighted by molar-refractivity contribution is 5.69. The Hall–Kier alpha value is -3.18. The van der Waals surface area contributed by atoms with Crippen LogP contribution >= 0.6 is 0 Å². The van der Waals surface area contributed by atoms with Gasteiger partial charge in [-0.25, -0.2) is 0 Å². The number of esters is 2. The maximum atomic E-state index is 11.8. The fraction of sp³-hybridized carbons (Fsp3) is 0.517. The van der Waals surface area contributed by atoms with Crippen LogP contribution < -0.4 is 32.4 Å². The van der Waals surface area contributed by atoms with Crippen molar-refractivity contribution in [3.05, 3.63) is 59.7 Å². The highest BCUT2D eigenvalue weighted by Crippen LogP contribution is 2.33. The Morgan fingerprint density at radius 1 is 0.667 bits per heavy atom. The maximum absolute atomic E-state index is 11.8. The summed E-state index contributed by atoms with van der Waals surface area (Å²) in [4.78, 5) is 23.6. The number of hydrogen-bond donors (Lipinski definition) is 4. The van der Waals surface area contributed by atoms with Crippen LogP contribution in [0.5, 0.6) is 11.5 Å². The van der Waals surface area contributed by atoms with Gasteiger partial charge in [0.15, 0.2) is 0 Å². The molecular weight excluding hydrogens is 500 g/mol. The lowest BCUT2D eigenvalue weighted by molar-refractivity contribution is -0.151. The van der Waals surface area contributed by atoms with E-state index < -0.39 is 12.2 Å². The predicted molar refractivity (Wildman–Crippen MR) is 150 cm³/mol. The summed E-state index contributed by atoms with van der Waals surface area (Å²) >= 11 is 0. The molecule has 0 radical (unpaired) electrons. The van der Waals surface area contributed by atoms with Crippen LogP contribution in [-0.2, 0) is 24.5 Å². The van der Waals surface area contributed by atoms with E-state index in [1.807, 2.05) is 48.5 Å². The highest BCUT2D eigenvalue weighted by Gasteiger charge is 2.23. The zero-order valence-electron chi connectivity index (χ0n) is 23.1. The summed E-state index contributed by atoms with van der Waals surface area (Å²) in [6.07, 6.45) is 0.648. The van der Waals surface area contributed by atoms with Crippen LogP contribution in [0.2, 0.25) is 0 Å². The summed E-state index contributed by atoms with van der Waals surface area (Å²) in [5.41, 5.74) is 24.2. The molecule has 2 unspecified atom stereocenters. The molecule has 2 rings (SSSR count). The van der Waals surface area contributed by atoms with Crippen LogP contribution in [-0.4, -0.2) is 63.5 Å². The highest BCUT2D eigenvalue weighted by atomic mass is 16.6. The van der Waals surface area contributed by atoms with Gasteiger partial charge in [-0.3, -0.25) is 9.59 Å². The standard InChI is InChI=1S/C29H44N4O6/c1-29(2,21-7-11-23(12-8-21)36-19-25(17-32)38-27(34)5-3-15-30)22-9-13-24(14-10-22)37-20-26(18-33)39-28(35)6-4-16-31/h7-14,25-26H,3-6,15-20,30-33H2,1-2H3. The Labute approximate surface area is 231 Å². The van der Waals surface area contributed by atoms with E-state index in [4.69, 9.17) is 41.9 Å². The fourth-order valence-electron chi connectivity index (χ4n) is 3.76. The summed E-state index contributed by atoms with van der Waals surface area (Å²) in [6, 6.07) is 15.6. The predicted octanol–water partition coefficient (Wildman–Crippen LogP) is 1.99. The summed E-state index contributed by atoms with van der Waals surface area (Å²) in [7, 11) is 0. The number of nitrogens with two attached hydrogens (primary N) is 4. The molecule has 2 atom stereocenters.